The van der Waals surface area contributed by atoms with E-state index >= 15 is 0 Å². The molecule has 1 amide bonds. The van der Waals surface area contributed by atoms with Gasteiger partial charge in [0.2, 0.25) is 0 Å². The molecule has 1 aliphatic rings. The van der Waals surface area contributed by atoms with Crippen LogP contribution in [-0.2, 0) is 0 Å². The van der Waals surface area contributed by atoms with E-state index < -0.39 is 17.5 Å². The fraction of sp³-hybridized carbons (Fsp3) is 0.462. The summed E-state index contributed by atoms with van der Waals surface area (Å²) in [5, 5.41) is 2.82. The van der Waals surface area contributed by atoms with Crippen LogP contribution in [0.3, 0.4) is 0 Å². The molecule has 0 aliphatic heterocycles. The summed E-state index contributed by atoms with van der Waals surface area (Å²) < 4.78 is 26.4. The highest BCUT2D eigenvalue weighted by molar-refractivity contribution is 5.95. The van der Waals surface area contributed by atoms with E-state index in [0.29, 0.717) is 0 Å². The van der Waals surface area contributed by atoms with Gasteiger partial charge in [0.1, 0.15) is 0 Å². The lowest BCUT2D eigenvalue weighted by Crippen LogP contribution is -2.53. The minimum absolute atomic E-state index is 0.212. The van der Waals surface area contributed by atoms with Gasteiger partial charge in [-0.1, -0.05) is 13.0 Å². The Labute approximate surface area is 99.0 Å². The molecule has 1 N–H and O–H groups in total. The lowest BCUT2D eigenvalue weighted by molar-refractivity contribution is 0.0815. The van der Waals surface area contributed by atoms with Crippen LogP contribution in [0.25, 0.3) is 0 Å². The number of nitrogens with one attached hydrogen (secondary N) is 1. The molecule has 0 radical (unpaired) electrons. The van der Waals surface area contributed by atoms with E-state index in [4.69, 9.17) is 0 Å². The van der Waals surface area contributed by atoms with Gasteiger partial charge in [-0.2, -0.15) is 0 Å². The predicted octanol–water partition coefficient (Wildman–Crippen LogP) is 3.03. The van der Waals surface area contributed by atoms with Crippen LogP contribution >= 0.6 is 0 Å². The first-order valence-electron chi connectivity index (χ1n) is 5.84. The van der Waals surface area contributed by atoms with Gasteiger partial charge >= 0.3 is 0 Å². The summed E-state index contributed by atoms with van der Waals surface area (Å²) in [6.07, 6.45) is 3.70. The molecule has 1 saturated carbocycles. The molecule has 0 unspecified atom stereocenters. The lowest BCUT2D eigenvalue weighted by atomic mass is 9.74. The highest BCUT2D eigenvalue weighted by Gasteiger charge is 2.37. The number of hydrogen-bond acceptors (Lipinski definition) is 1. The van der Waals surface area contributed by atoms with Gasteiger partial charge in [0, 0.05) is 5.54 Å². The van der Waals surface area contributed by atoms with Crippen molar-refractivity contribution in [1.29, 1.82) is 0 Å². The maximum atomic E-state index is 13.4. The number of halogens is 2. The maximum absolute atomic E-state index is 13.4. The SMILES string of the molecule is CCC1(NC(=O)c2cccc(F)c2F)CCC1. The molecule has 0 spiro atoms. The topological polar surface area (TPSA) is 29.1 Å². The van der Waals surface area contributed by atoms with E-state index in [1.54, 1.807) is 0 Å². The highest BCUT2D eigenvalue weighted by atomic mass is 19.2. The van der Waals surface area contributed by atoms with E-state index in [1.165, 1.54) is 12.1 Å². The zero-order chi connectivity index (χ0) is 12.5. The van der Waals surface area contributed by atoms with Crippen molar-refractivity contribution < 1.29 is 13.6 Å². The summed E-state index contributed by atoms with van der Waals surface area (Å²) >= 11 is 0. The Bertz CT molecular complexity index is 436. The van der Waals surface area contributed by atoms with E-state index in [9.17, 15) is 13.6 Å². The van der Waals surface area contributed by atoms with Crippen molar-refractivity contribution >= 4 is 5.91 Å². The van der Waals surface area contributed by atoms with Crippen molar-refractivity contribution in [2.24, 2.45) is 0 Å². The van der Waals surface area contributed by atoms with Gasteiger partial charge in [-0.25, -0.2) is 8.78 Å². The standard InChI is InChI=1S/C13H15F2NO/c1-2-13(7-4-8-13)16-12(17)9-5-3-6-10(14)11(9)15/h3,5-6H,2,4,7-8H2,1H3,(H,16,17). The van der Waals surface area contributed by atoms with Crippen molar-refractivity contribution in [2.75, 3.05) is 0 Å². The van der Waals surface area contributed by atoms with E-state index in [1.807, 2.05) is 6.92 Å². The van der Waals surface area contributed by atoms with Crippen LogP contribution in [0, 0.1) is 11.6 Å². The first-order chi connectivity index (χ1) is 8.08. The lowest BCUT2D eigenvalue weighted by Gasteiger charge is -2.42. The largest absolute Gasteiger partial charge is 0.347 e. The molecule has 17 heavy (non-hydrogen) atoms. The molecule has 1 fully saturated rings. The van der Waals surface area contributed by atoms with Crippen molar-refractivity contribution in [1.82, 2.24) is 5.32 Å². The van der Waals surface area contributed by atoms with Crippen LogP contribution in [0.1, 0.15) is 43.0 Å². The van der Waals surface area contributed by atoms with Gasteiger partial charge in [0.15, 0.2) is 11.6 Å². The van der Waals surface area contributed by atoms with Crippen LogP contribution in [0.4, 0.5) is 8.78 Å². The first kappa shape index (κ1) is 12.0. The molecule has 0 saturated heterocycles. The van der Waals surface area contributed by atoms with Crippen LogP contribution in [0.15, 0.2) is 18.2 Å². The fourth-order valence-electron chi connectivity index (χ4n) is 2.16. The number of amides is 1. The summed E-state index contributed by atoms with van der Waals surface area (Å²) in [6.45, 7) is 1.99. The average Bonchev–Trinajstić information content (AvgIpc) is 2.27. The van der Waals surface area contributed by atoms with E-state index in [0.717, 1.165) is 31.7 Å². The number of carbonyl (C=O) groups is 1. The smallest absolute Gasteiger partial charge is 0.254 e. The van der Waals surface area contributed by atoms with Crippen LogP contribution in [-0.4, -0.2) is 11.4 Å². The highest BCUT2D eigenvalue weighted by Crippen LogP contribution is 2.34. The Kier molecular flexibility index (Phi) is 3.13. The molecule has 92 valence electrons. The molecule has 0 heterocycles. The Hall–Kier alpha value is -1.45. The van der Waals surface area contributed by atoms with Crippen molar-refractivity contribution in [3.63, 3.8) is 0 Å². The fourth-order valence-corrected chi connectivity index (χ4v) is 2.16. The van der Waals surface area contributed by atoms with E-state index in [2.05, 4.69) is 5.32 Å². The van der Waals surface area contributed by atoms with Gasteiger partial charge in [0.05, 0.1) is 5.56 Å². The van der Waals surface area contributed by atoms with Crippen molar-refractivity contribution in [3.8, 4) is 0 Å². The maximum Gasteiger partial charge on any atom is 0.254 e. The Balaban J connectivity index is 2.17. The van der Waals surface area contributed by atoms with E-state index in [-0.39, 0.29) is 11.1 Å². The molecule has 1 aliphatic carbocycles. The third-order valence-electron chi connectivity index (χ3n) is 3.56. The molecule has 0 bridgehead atoms. The predicted molar refractivity (Wildman–Crippen MR) is 60.7 cm³/mol. The summed E-state index contributed by atoms with van der Waals surface area (Å²) in [5.74, 6) is -2.59. The summed E-state index contributed by atoms with van der Waals surface area (Å²) in [4.78, 5) is 11.9. The van der Waals surface area contributed by atoms with Gasteiger partial charge in [-0.05, 0) is 37.8 Å². The number of benzene rings is 1. The molecule has 2 rings (SSSR count). The number of carbonyl (C=O) groups excluding carboxylic acids is 1. The third kappa shape index (κ3) is 2.16. The first-order valence-corrected chi connectivity index (χ1v) is 5.84. The second-order valence-corrected chi connectivity index (χ2v) is 4.54. The molecule has 0 aromatic heterocycles. The van der Waals surface area contributed by atoms with Gasteiger partial charge < -0.3 is 5.32 Å². The van der Waals surface area contributed by atoms with Crippen LogP contribution in [0.5, 0.6) is 0 Å². The van der Waals surface area contributed by atoms with Crippen molar-refractivity contribution in [3.05, 3.63) is 35.4 Å². The molecule has 1 aromatic rings. The van der Waals surface area contributed by atoms with Crippen molar-refractivity contribution in [2.45, 2.75) is 38.1 Å². The zero-order valence-corrected chi connectivity index (χ0v) is 9.72. The Morgan fingerprint density at radius 1 is 1.41 bits per heavy atom. The minimum Gasteiger partial charge on any atom is -0.347 e. The van der Waals surface area contributed by atoms with Crippen LogP contribution < -0.4 is 5.32 Å². The number of rotatable bonds is 3. The third-order valence-corrected chi connectivity index (χ3v) is 3.56. The second-order valence-electron chi connectivity index (χ2n) is 4.54. The summed E-state index contributed by atoms with van der Waals surface area (Å²) in [5.41, 5.74) is -0.430. The zero-order valence-electron chi connectivity index (χ0n) is 9.72. The summed E-state index contributed by atoms with van der Waals surface area (Å²) in [7, 11) is 0. The monoisotopic (exact) mass is 239 g/mol. The number of hydrogen-bond donors (Lipinski definition) is 1. The van der Waals surface area contributed by atoms with Gasteiger partial charge in [0.25, 0.3) is 5.91 Å². The average molecular weight is 239 g/mol. The second kappa shape index (κ2) is 4.43. The molecule has 0 atom stereocenters. The normalized spacial score (nSPS) is 17.4. The molecular formula is C13H15F2NO. The van der Waals surface area contributed by atoms with Gasteiger partial charge in [-0.3, -0.25) is 4.79 Å². The molecule has 2 nitrogen and oxygen atoms in total. The quantitative estimate of drug-likeness (QED) is 0.863. The Morgan fingerprint density at radius 2 is 2.12 bits per heavy atom. The van der Waals surface area contributed by atoms with Crippen LogP contribution in [0.2, 0.25) is 0 Å². The molecular weight excluding hydrogens is 224 g/mol. The summed E-state index contributed by atoms with van der Waals surface area (Å²) in [6, 6.07) is 3.65. The Morgan fingerprint density at radius 3 is 2.65 bits per heavy atom. The molecule has 1 aromatic carbocycles. The van der Waals surface area contributed by atoms with Gasteiger partial charge in [-0.15, -0.1) is 0 Å². The molecule has 4 heteroatoms. The minimum atomic E-state index is -1.07.